The van der Waals surface area contributed by atoms with Crippen LogP contribution in [0.3, 0.4) is 0 Å². The predicted molar refractivity (Wildman–Crippen MR) is 83.0 cm³/mol. The van der Waals surface area contributed by atoms with Crippen molar-refractivity contribution >= 4 is 27.7 Å². The lowest BCUT2D eigenvalue weighted by Crippen LogP contribution is -1.86. The van der Waals surface area contributed by atoms with Crippen LogP contribution in [0.5, 0.6) is 0 Å². The zero-order chi connectivity index (χ0) is 11.9. The molecule has 0 amide bonds. The first-order valence-corrected chi connectivity index (χ1v) is 9.33. The van der Waals surface area contributed by atoms with Gasteiger partial charge in [-0.05, 0) is 30.8 Å². The number of halogens is 1. The molecule has 0 aliphatic carbocycles. The van der Waals surface area contributed by atoms with Gasteiger partial charge in [-0.15, -0.1) is 0 Å². The molecule has 0 aromatic carbocycles. The van der Waals surface area contributed by atoms with E-state index < -0.39 is 0 Å². The summed E-state index contributed by atoms with van der Waals surface area (Å²) in [5, 5.41) is 1.18. The Morgan fingerprint density at radius 3 is 1.75 bits per heavy atom. The molecule has 0 nitrogen and oxygen atoms in total. The highest BCUT2D eigenvalue weighted by Gasteiger charge is 1.93. The SMILES string of the molecule is CCCCCSCCCCCCCCCBr. The Morgan fingerprint density at radius 2 is 1.19 bits per heavy atom. The molecule has 0 spiro atoms. The minimum absolute atomic E-state index is 1.18. The number of hydrogen-bond acceptors (Lipinski definition) is 1. The minimum Gasteiger partial charge on any atom is -0.162 e. The average Bonchev–Trinajstić information content (AvgIpc) is 2.31. The maximum Gasteiger partial charge on any atom is 0.00313 e. The van der Waals surface area contributed by atoms with Crippen LogP contribution in [0.2, 0.25) is 0 Å². The molecular formula is C14H29BrS. The van der Waals surface area contributed by atoms with Gasteiger partial charge < -0.3 is 0 Å². The van der Waals surface area contributed by atoms with Gasteiger partial charge in [-0.25, -0.2) is 0 Å². The lowest BCUT2D eigenvalue weighted by molar-refractivity contribution is 0.606. The zero-order valence-corrected chi connectivity index (χ0v) is 13.4. The summed E-state index contributed by atoms with van der Waals surface area (Å²) in [6.07, 6.45) is 14.2. The van der Waals surface area contributed by atoms with E-state index in [0.29, 0.717) is 0 Å². The van der Waals surface area contributed by atoms with E-state index in [1.807, 2.05) is 0 Å². The maximum atomic E-state index is 3.48. The van der Waals surface area contributed by atoms with Gasteiger partial charge in [0.2, 0.25) is 0 Å². The van der Waals surface area contributed by atoms with Crippen molar-refractivity contribution in [1.82, 2.24) is 0 Å². The highest BCUT2D eigenvalue weighted by atomic mass is 79.9. The summed E-state index contributed by atoms with van der Waals surface area (Å²) in [5.41, 5.74) is 0. The maximum absolute atomic E-state index is 3.48. The summed E-state index contributed by atoms with van der Waals surface area (Å²) in [7, 11) is 0. The number of unbranched alkanes of at least 4 members (excludes halogenated alkanes) is 8. The van der Waals surface area contributed by atoms with Gasteiger partial charge in [0.25, 0.3) is 0 Å². The van der Waals surface area contributed by atoms with E-state index >= 15 is 0 Å². The molecule has 0 bridgehead atoms. The molecule has 0 radical (unpaired) electrons. The second kappa shape index (κ2) is 15.8. The van der Waals surface area contributed by atoms with E-state index in [2.05, 4.69) is 34.6 Å². The third-order valence-electron chi connectivity index (χ3n) is 2.81. The number of thioether (sulfide) groups is 1. The van der Waals surface area contributed by atoms with Crippen molar-refractivity contribution in [2.24, 2.45) is 0 Å². The number of rotatable bonds is 13. The van der Waals surface area contributed by atoms with Crippen LogP contribution >= 0.6 is 27.7 Å². The first-order valence-electron chi connectivity index (χ1n) is 7.05. The molecule has 0 aromatic rings. The molecule has 0 fully saturated rings. The van der Waals surface area contributed by atoms with Crippen molar-refractivity contribution < 1.29 is 0 Å². The van der Waals surface area contributed by atoms with Crippen LogP contribution in [-0.4, -0.2) is 16.8 Å². The second-order valence-corrected chi connectivity index (χ2v) is 6.50. The Morgan fingerprint density at radius 1 is 0.688 bits per heavy atom. The van der Waals surface area contributed by atoms with Gasteiger partial charge in [0.15, 0.2) is 0 Å². The van der Waals surface area contributed by atoms with Crippen molar-refractivity contribution in [3.63, 3.8) is 0 Å². The fraction of sp³-hybridized carbons (Fsp3) is 1.00. The van der Waals surface area contributed by atoms with E-state index in [1.54, 1.807) is 0 Å². The van der Waals surface area contributed by atoms with Crippen LogP contribution in [0.1, 0.15) is 71.1 Å². The Balaban J connectivity index is 2.83. The number of alkyl halides is 1. The van der Waals surface area contributed by atoms with Crippen LogP contribution in [0, 0.1) is 0 Å². The molecule has 0 N–H and O–H groups in total. The quantitative estimate of drug-likeness (QED) is 0.295. The Hall–Kier alpha value is 0.830. The molecule has 0 saturated heterocycles. The summed E-state index contributed by atoms with van der Waals surface area (Å²) in [4.78, 5) is 0. The lowest BCUT2D eigenvalue weighted by atomic mass is 10.1. The third-order valence-corrected chi connectivity index (χ3v) is 4.53. The Labute approximate surface area is 115 Å². The topological polar surface area (TPSA) is 0 Å². The molecule has 98 valence electrons. The van der Waals surface area contributed by atoms with Crippen molar-refractivity contribution in [2.75, 3.05) is 16.8 Å². The number of hydrogen-bond donors (Lipinski definition) is 0. The van der Waals surface area contributed by atoms with Crippen LogP contribution in [0.15, 0.2) is 0 Å². The molecule has 0 unspecified atom stereocenters. The van der Waals surface area contributed by atoms with Gasteiger partial charge in [-0.2, -0.15) is 11.8 Å². The third kappa shape index (κ3) is 14.8. The smallest absolute Gasteiger partial charge is 0.00313 e. The van der Waals surface area contributed by atoms with E-state index in [9.17, 15) is 0 Å². The molecule has 0 aromatic heterocycles. The van der Waals surface area contributed by atoms with E-state index in [1.165, 1.54) is 81.0 Å². The van der Waals surface area contributed by atoms with Gasteiger partial charge in [0.1, 0.15) is 0 Å². The Kier molecular flexibility index (Phi) is 16.7. The van der Waals surface area contributed by atoms with Crippen LogP contribution in [-0.2, 0) is 0 Å². The first-order chi connectivity index (χ1) is 7.91. The van der Waals surface area contributed by atoms with E-state index in [0.717, 1.165) is 0 Å². The van der Waals surface area contributed by atoms with Gasteiger partial charge >= 0.3 is 0 Å². The molecule has 0 heterocycles. The highest BCUT2D eigenvalue weighted by molar-refractivity contribution is 9.09. The van der Waals surface area contributed by atoms with E-state index in [-0.39, 0.29) is 0 Å². The molecular weight excluding hydrogens is 280 g/mol. The van der Waals surface area contributed by atoms with Gasteiger partial charge in [-0.1, -0.05) is 67.8 Å². The Bertz CT molecular complexity index is 103. The normalized spacial score (nSPS) is 10.9. The second-order valence-electron chi connectivity index (χ2n) is 4.48. The van der Waals surface area contributed by atoms with Crippen molar-refractivity contribution in [1.29, 1.82) is 0 Å². The van der Waals surface area contributed by atoms with Crippen molar-refractivity contribution in [3.8, 4) is 0 Å². The summed E-state index contributed by atoms with van der Waals surface area (Å²) >= 11 is 5.63. The minimum atomic E-state index is 1.18. The molecule has 0 rings (SSSR count). The van der Waals surface area contributed by atoms with Crippen molar-refractivity contribution in [3.05, 3.63) is 0 Å². The molecule has 0 saturated carbocycles. The first kappa shape index (κ1) is 16.8. The van der Waals surface area contributed by atoms with Gasteiger partial charge in [0, 0.05) is 5.33 Å². The van der Waals surface area contributed by atoms with Crippen LogP contribution in [0.4, 0.5) is 0 Å². The average molecular weight is 309 g/mol. The molecule has 0 aliphatic rings. The predicted octanol–water partition coefficient (Wildman–Crippen LogP) is 6.04. The van der Waals surface area contributed by atoms with Gasteiger partial charge in [-0.3, -0.25) is 0 Å². The fourth-order valence-electron chi connectivity index (χ4n) is 1.74. The molecule has 16 heavy (non-hydrogen) atoms. The van der Waals surface area contributed by atoms with Gasteiger partial charge in [0.05, 0.1) is 0 Å². The van der Waals surface area contributed by atoms with E-state index in [4.69, 9.17) is 0 Å². The molecule has 0 atom stereocenters. The summed E-state index contributed by atoms with van der Waals surface area (Å²) in [6, 6.07) is 0. The summed E-state index contributed by atoms with van der Waals surface area (Å²) in [6.45, 7) is 2.28. The standard InChI is InChI=1S/C14H29BrS/c1-2-3-10-13-16-14-11-8-6-4-5-7-9-12-15/h2-14H2,1H3. The van der Waals surface area contributed by atoms with Crippen molar-refractivity contribution in [2.45, 2.75) is 71.1 Å². The highest BCUT2D eigenvalue weighted by Crippen LogP contribution is 2.12. The summed E-state index contributed by atoms with van der Waals surface area (Å²) < 4.78 is 0. The molecule has 2 heteroatoms. The fourth-order valence-corrected chi connectivity index (χ4v) is 3.16. The molecule has 0 aliphatic heterocycles. The monoisotopic (exact) mass is 308 g/mol. The zero-order valence-electron chi connectivity index (χ0n) is 11.0. The lowest BCUT2D eigenvalue weighted by Gasteiger charge is -2.02. The van der Waals surface area contributed by atoms with Crippen LogP contribution in [0.25, 0.3) is 0 Å². The largest absolute Gasteiger partial charge is 0.162 e. The summed E-state index contributed by atoms with van der Waals surface area (Å²) in [5.74, 6) is 2.78. The van der Waals surface area contributed by atoms with Crippen LogP contribution < -0.4 is 0 Å².